The van der Waals surface area contributed by atoms with Crippen molar-refractivity contribution in [1.82, 2.24) is 15.5 Å². The molecule has 1 saturated heterocycles. The fourth-order valence-electron chi connectivity index (χ4n) is 5.03. The summed E-state index contributed by atoms with van der Waals surface area (Å²) in [4.78, 5) is 41.6. The van der Waals surface area contributed by atoms with Crippen LogP contribution in [0.25, 0.3) is 0 Å². The van der Waals surface area contributed by atoms with Crippen LogP contribution in [0.4, 0.5) is 0 Å². The summed E-state index contributed by atoms with van der Waals surface area (Å²) in [6.07, 6.45) is 2.25. The standard InChI is InChI=1S/C28H35N3O3S/c1-18(2)17-22(24(32)29-16-10-13-19-11-6-5-7-12-19)30-25(33)23-28(3,4)35-27-21-15-9-8-14-20(21)26(34)31(23)27/h5-9,11-12,14-15,18,22-23,27H,10,13,16-17H2,1-4H3,(H,29,32)(H,30,33)/t22-,23-,27-/m0/s1. The zero-order valence-electron chi connectivity index (χ0n) is 20.9. The van der Waals surface area contributed by atoms with E-state index in [1.54, 1.807) is 16.7 Å². The van der Waals surface area contributed by atoms with Crippen LogP contribution in [0.3, 0.4) is 0 Å². The van der Waals surface area contributed by atoms with Crippen LogP contribution in [-0.4, -0.2) is 46.0 Å². The second kappa shape index (κ2) is 10.4. The first-order valence-corrected chi connectivity index (χ1v) is 13.3. The van der Waals surface area contributed by atoms with Crippen molar-refractivity contribution < 1.29 is 14.4 Å². The molecule has 2 N–H and O–H groups in total. The predicted molar refractivity (Wildman–Crippen MR) is 140 cm³/mol. The highest BCUT2D eigenvalue weighted by molar-refractivity contribution is 8.01. The van der Waals surface area contributed by atoms with Crippen molar-refractivity contribution in [2.45, 2.75) is 69.2 Å². The highest BCUT2D eigenvalue weighted by Crippen LogP contribution is 2.56. The minimum atomic E-state index is -0.655. The van der Waals surface area contributed by atoms with E-state index in [-0.39, 0.29) is 29.0 Å². The third-order valence-electron chi connectivity index (χ3n) is 6.67. The van der Waals surface area contributed by atoms with E-state index in [9.17, 15) is 14.4 Å². The molecule has 1 fully saturated rings. The van der Waals surface area contributed by atoms with Crippen LogP contribution in [0.2, 0.25) is 0 Å². The van der Waals surface area contributed by atoms with Gasteiger partial charge in [0.15, 0.2) is 0 Å². The predicted octanol–water partition coefficient (Wildman–Crippen LogP) is 4.31. The number of carbonyl (C=O) groups excluding carboxylic acids is 3. The first kappa shape index (κ1) is 25.3. The minimum Gasteiger partial charge on any atom is -0.354 e. The number of hydrogen-bond donors (Lipinski definition) is 2. The number of carbonyl (C=O) groups is 3. The number of nitrogens with one attached hydrogen (secondary N) is 2. The average molecular weight is 494 g/mol. The van der Waals surface area contributed by atoms with Crippen molar-refractivity contribution in [1.29, 1.82) is 0 Å². The molecule has 0 bridgehead atoms. The smallest absolute Gasteiger partial charge is 0.256 e. The summed E-state index contributed by atoms with van der Waals surface area (Å²) in [5.74, 6) is -0.325. The van der Waals surface area contributed by atoms with E-state index in [0.29, 0.717) is 18.5 Å². The molecule has 6 nitrogen and oxygen atoms in total. The lowest BCUT2D eigenvalue weighted by Crippen LogP contribution is -2.57. The summed E-state index contributed by atoms with van der Waals surface area (Å²) in [6.45, 7) is 8.61. The van der Waals surface area contributed by atoms with Crippen molar-refractivity contribution in [2.75, 3.05) is 6.54 Å². The van der Waals surface area contributed by atoms with E-state index in [2.05, 4.69) is 22.8 Å². The third kappa shape index (κ3) is 5.40. The molecular formula is C28H35N3O3S. The summed E-state index contributed by atoms with van der Waals surface area (Å²) in [7, 11) is 0. The molecule has 2 aromatic rings. The van der Waals surface area contributed by atoms with Crippen LogP contribution < -0.4 is 10.6 Å². The van der Waals surface area contributed by atoms with Gasteiger partial charge in [-0.2, -0.15) is 0 Å². The van der Waals surface area contributed by atoms with E-state index in [0.717, 1.165) is 18.4 Å². The molecule has 35 heavy (non-hydrogen) atoms. The molecule has 0 radical (unpaired) electrons. The Morgan fingerprint density at radius 1 is 1.06 bits per heavy atom. The summed E-state index contributed by atoms with van der Waals surface area (Å²) in [5, 5.41) is 5.83. The Kier molecular flexibility index (Phi) is 7.55. The second-order valence-corrected chi connectivity index (χ2v) is 12.1. The number of fused-ring (bicyclic) bond motifs is 3. The van der Waals surface area contributed by atoms with Gasteiger partial charge in [-0.05, 0) is 56.2 Å². The summed E-state index contributed by atoms with van der Waals surface area (Å²) >= 11 is 1.63. The molecule has 2 aliphatic rings. The molecule has 2 aliphatic heterocycles. The highest BCUT2D eigenvalue weighted by atomic mass is 32.2. The Bertz CT molecular complexity index is 1090. The molecule has 0 aliphatic carbocycles. The normalized spacial score (nSPS) is 20.9. The maximum absolute atomic E-state index is 13.6. The lowest BCUT2D eigenvalue weighted by atomic mass is 9.98. The molecule has 0 aromatic heterocycles. The van der Waals surface area contributed by atoms with Gasteiger partial charge in [0.25, 0.3) is 5.91 Å². The zero-order valence-corrected chi connectivity index (χ0v) is 21.7. The Morgan fingerprint density at radius 3 is 2.46 bits per heavy atom. The molecule has 0 unspecified atom stereocenters. The van der Waals surface area contributed by atoms with Crippen LogP contribution in [-0.2, 0) is 16.0 Å². The number of benzene rings is 2. The number of nitrogens with zero attached hydrogens (tertiary/aromatic N) is 1. The van der Waals surface area contributed by atoms with Crippen molar-refractivity contribution in [2.24, 2.45) is 5.92 Å². The minimum absolute atomic E-state index is 0.116. The maximum atomic E-state index is 13.6. The van der Waals surface area contributed by atoms with Gasteiger partial charge in [0.2, 0.25) is 11.8 Å². The largest absolute Gasteiger partial charge is 0.354 e. The lowest BCUT2D eigenvalue weighted by molar-refractivity contribution is -0.132. The Balaban J connectivity index is 1.42. The van der Waals surface area contributed by atoms with Crippen LogP contribution >= 0.6 is 11.8 Å². The molecule has 186 valence electrons. The van der Waals surface area contributed by atoms with Gasteiger partial charge in [0, 0.05) is 16.9 Å². The van der Waals surface area contributed by atoms with Crippen molar-refractivity contribution in [3.63, 3.8) is 0 Å². The van der Waals surface area contributed by atoms with Gasteiger partial charge in [-0.15, -0.1) is 11.8 Å². The molecular weight excluding hydrogens is 458 g/mol. The molecule has 2 heterocycles. The first-order valence-electron chi connectivity index (χ1n) is 12.4. The third-order valence-corrected chi connectivity index (χ3v) is 8.20. The van der Waals surface area contributed by atoms with Gasteiger partial charge in [-0.25, -0.2) is 0 Å². The van der Waals surface area contributed by atoms with E-state index < -0.39 is 16.8 Å². The fraction of sp³-hybridized carbons (Fsp3) is 0.464. The Hall–Kier alpha value is -2.80. The van der Waals surface area contributed by atoms with Crippen LogP contribution in [0.1, 0.15) is 67.4 Å². The Labute approximate surface area is 212 Å². The Morgan fingerprint density at radius 2 is 1.74 bits per heavy atom. The van der Waals surface area contributed by atoms with Gasteiger partial charge < -0.3 is 15.5 Å². The van der Waals surface area contributed by atoms with Crippen LogP contribution in [0.15, 0.2) is 54.6 Å². The summed E-state index contributed by atoms with van der Waals surface area (Å²) in [5.41, 5.74) is 2.86. The molecule has 7 heteroatoms. The number of hydrogen-bond acceptors (Lipinski definition) is 4. The zero-order chi connectivity index (χ0) is 25.2. The number of amides is 3. The molecule has 0 spiro atoms. The maximum Gasteiger partial charge on any atom is 0.256 e. The molecule has 4 rings (SSSR count). The van der Waals surface area contributed by atoms with Gasteiger partial charge in [0.1, 0.15) is 17.5 Å². The van der Waals surface area contributed by atoms with Crippen molar-refractivity contribution in [3.8, 4) is 0 Å². The van der Waals surface area contributed by atoms with E-state index in [4.69, 9.17) is 0 Å². The van der Waals surface area contributed by atoms with Crippen molar-refractivity contribution in [3.05, 3.63) is 71.3 Å². The molecule has 2 aromatic carbocycles. The lowest BCUT2D eigenvalue weighted by Gasteiger charge is -2.31. The van der Waals surface area contributed by atoms with Crippen molar-refractivity contribution >= 4 is 29.5 Å². The average Bonchev–Trinajstić information content (AvgIpc) is 3.25. The molecule has 0 saturated carbocycles. The summed E-state index contributed by atoms with van der Waals surface area (Å²) in [6, 6.07) is 16.4. The monoisotopic (exact) mass is 493 g/mol. The summed E-state index contributed by atoms with van der Waals surface area (Å²) < 4.78 is -0.480. The number of rotatable bonds is 9. The fourth-order valence-corrected chi connectivity index (χ4v) is 6.62. The number of aryl methyl sites for hydroxylation is 1. The van der Waals surface area contributed by atoms with Crippen LogP contribution in [0, 0.1) is 5.92 Å². The van der Waals surface area contributed by atoms with Gasteiger partial charge in [-0.1, -0.05) is 62.4 Å². The molecule has 3 atom stereocenters. The number of thioether (sulfide) groups is 1. The van der Waals surface area contributed by atoms with E-state index >= 15 is 0 Å². The topological polar surface area (TPSA) is 78.5 Å². The van der Waals surface area contributed by atoms with Gasteiger partial charge >= 0.3 is 0 Å². The first-order chi connectivity index (χ1) is 16.7. The SMILES string of the molecule is CC(C)C[C@H](NC(=O)[C@@H]1N2C(=O)c3ccccc3[C@@H]2SC1(C)C)C(=O)NCCCc1ccccc1. The second-order valence-electron chi connectivity index (χ2n) is 10.3. The quantitative estimate of drug-likeness (QED) is 0.510. The molecule has 3 amide bonds. The van der Waals surface area contributed by atoms with E-state index in [1.165, 1.54) is 5.56 Å². The van der Waals surface area contributed by atoms with Crippen LogP contribution in [0.5, 0.6) is 0 Å². The van der Waals surface area contributed by atoms with Gasteiger partial charge in [-0.3, -0.25) is 14.4 Å². The van der Waals surface area contributed by atoms with Gasteiger partial charge in [0.05, 0.1) is 0 Å². The highest BCUT2D eigenvalue weighted by Gasteiger charge is 2.57. The van der Waals surface area contributed by atoms with E-state index in [1.807, 2.05) is 70.2 Å².